The maximum Gasteiger partial charge on any atom is 0.226 e. The predicted octanol–water partition coefficient (Wildman–Crippen LogP) is 3.71. The lowest BCUT2D eigenvalue weighted by atomic mass is 9.82. The van der Waals surface area contributed by atoms with Gasteiger partial charge in [-0.25, -0.2) is 0 Å². The third-order valence-corrected chi connectivity index (χ3v) is 4.49. The summed E-state index contributed by atoms with van der Waals surface area (Å²) in [4.78, 5) is 12.3. The molecule has 1 aromatic carbocycles. The first-order chi connectivity index (χ1) is 9.27. The largest absolute Gasteiger partial charge is 0.356 e. The Morgan fingerprint density at radius 2 is 1.89 bits per heavy atom. The van der Waals surface area contributed by atoms with Crippen molar-refractivity contribution in [2.45, 2.75) is 51.9 Å². The second-order valence-electron chi connectivity index (χ2n) is 5.69. The number of amides is 1. The molecule has 19 heavy (non-hydrogen) atoms. The van der Waals surface area contributed by atoms with E-state index in [0.29, 0.717) is 5.91 Å². The molecule has 0 radical (unpaired) electrons. The van der Waals surface area contributed by atoms with Gasteiger partial charge >= 0.3 is 0 Å². The van der Waals surface area contributed by atoms with Gasteiger partial charge in [-0.15, -0.1) is 0 Å². The van der Waals surface area contributed by atoms with Crippen LogP contribution in [-0.4, -0.2) is 12.5 Å². The smallest absolute Gasteiger partial charge is 0.226 e. The average molecular weight is 259 g/mol. The van der Waals surface area contributed by atoms with Crippen LogP contribution in [-0.2, 0) is 11.2 Å². The summed E-state index contributed by atoms with van der Waals surface area (Å²) < 4.78 is 0. The van der Waals surface area contributed by atoms with E-state index in [2.05, 4.69) is 36.5 Å². The van der Waals surface area contributed by atoms with E-state index >= 15 is 0 Å². The van der Waals surface area contributed by atoms with Gasteiger partial charge in [0.05, 0.1) is 0 Å². The summed E-state index contributed by atoms with van der Waals surface area (Å²) >= 11 is 0. The lowest BCUT2D eigenvalue weighted by Gasteiger charge is -2.26. The van der Waals surface area contributed by atoms with Crippen LogP contribution in [0.15, 0.2) is 30.3 Å². The molecule has 1 fully saturated rings. The highest BCUT2D eigenvalue weighted by Gasteiger charge is 2.38. The van der Waals surface area contributed by atoms with Crippen LogP contribution in [0.25, 0.3) is 0 Å². The number of rotatable bonds is 6. The fraction of sp³-hybridized carbons (Fsp3) is 0.588. The molecule has 0 unspecified atom stereocenters. The van der Waals surface area contributed by atoms with Crippen LogP contribution < -0.4 is 5.32 Å². The monoisotopic (exact) mass is 259 g/mol. The maximum atomic E-state index is 12.3. The third-order valence-electron chi connectivity index (χ3n) is 4.49. The van der Waals surface area contributed by atoms with Crippen molar-refractivity contribution in [2.75, 3.05) is 6.54 Å². The first-order valence-corrected chi connectivity index (χ1v) is 7.59. The van der Waals surface area contributed by atoms with E-state index in [9.17, 15) is 4.79 Å². The summed E-state index contributed by atoms with van der Waals surface area (Å²) in [6.45, 7) is 2.95. The van der Waals surface area contributed by atoms with E-state index in [1.54, 1.807) is 0 Å². The van der Waals surface area contributed by atoms with E-state index < -0.39 is 0 Å². The molecule has 2 heteroatoms. The van der Waals surface area contributed by atoms with Crippen molar-refractivity contribution >= 4 is 5.91 Å². The van der Waals surface area contributed by atoms with Crippen molar-refractivity contribution in [2.24, 2.45) is 5.41 Å². The minimum absolute atomic E-state index is 0.0489. The van der Waals surface area contributed by atoms with Crippen molar-refractivity contribution in [1.29, 1.82) is 0 Å². The topological polar surface area (TPSA) is 29.1 Å². The Kier molecular flexibility index (Phi) is 5.00. The van der Waals surface area contributed by atoms with E-state index in [-0.39, 0.29) is 5.41 Å². The van der Waals surface area contributed by atoms with E-state index in [0.717, 1.165) is 38.6 Å². The van der Waals surface area contributed by atoms with Crippen LogP contribution in [0.1, 0.15) is 51.0 Å². The molecule has 0 spiro atoms. The zero-order chi connectivity index (χ0) is 13.6. The summed E-state index contributed by atoms with van der Waals surface area (Å²) in [5.41, 5.74) is 1.30. The molecule has 1 aliphatic carbocycles. The van der Waals surface area contributed by atoms with Crippen LogP contribution in [0.4, 0.5) is 0 Å². The van der Waals surface area contributed by atoms with Gasteiger partial charge in [0.1, 0.15) is 0 Å². The molecule has 1 N–H and O–H groups in total. The molecule has 1 saturated carbocycles. The number of carbonyl (C=O) groups is 1. The number of hydrogen-bond acceptors (Lipinski definition) is 1. The SMILES string of the molecule is CCC1(C(=O)NCCCc2ccccc2)CCCC1. The zero-order valence-corrected chi connectivity index (χ0v) is 12.0. The van der Waals surface area contributed by atoms with Gasteiger partial charge in [-0.1, -0.05) is 50.1 Å². The van der Waals surface area contributed by atoms with Gasteiger partial charge < -0.3 is 5.32 Å². The third kappa shape index (κ3) is 3.59. The Morgan fingerprint density at radius 3 is 2.53 bits per heavy atom. The highest BCUT2D eigenvalue weighted by Crippen LogP contribution is 2.40. The number of hydrogen-bond donors (Lipinski definition) is 1. The average Bonchev–Trinajstić information content (AvgIpc) is 2.94. The molecule has 104 valence electrons. The van der Waals surface area contributed by atoms with E-state index in [4.69, 9.17) is 0 Å². The van der Waals surface area contributed by atoms with E-state index in [1.807, 2.05) is 6.07 Å². The quantitative estimate of drug-likeness (QED) is 0.775. The summed E-state index contributed by atoms with van der Waals surface area (Å²) in [6, 6.07) is 10.5. The fourth-order valence-corrected chi connectivity index (χ4v) is 3.12. The van der Waals surface area contributed by atoms with Crippen molar-refractivity contribution in [3.05, 3.63) is 35.9 Å². The normalized spacial score (nSPS) is 17.3. The Morgan fingerprint density at radius 1 is 1.21 bits per heavy atom. The predicted molar refractivity (Wildman–Crippen MR) is 79.0 cm³/mol. The van der Waals surface area contributed by atoms with Crippen LogP contribution in [0.3, 0.4) is 0 Å². The highest BCUT2D eigenvalue weighted by molar-refractivity contribution is 5.82. The Balaban J connectivity index is 1.72. The molecule has 1 aliphatic rings. The molecule has 0 heterocycles. The van der Waals surface area contributed by atoms with Gasteiger partial charge in [-0.3, -0.25) is 4.79 Å². The Bertz CT molecular complexity index is 393. The second-order valence-corrected chi connectivity index (χ2v) is 5.69. The van der Waals surface area contributed by atoms with Gasteiger partial charge in [0.15, 0.2) is 0 Å². The van der Waals surface area contributed by atoms with Gasteiger partial charge in [0.2, 0.25) is 5.91 Å². The van der Waals surface area contributed by atoms with Crippen molar-refractivity contribution < 1.29 is 4.79 Å². The fourth-order valence-electron chi connectivity index (χ4n) is 3.12. The lowest BCUT2D eigenvalue weighted by molar-refractivity contribution is -0.131. The summed E-state index contributed by atoms with van der Waals surface area (Å²) in [7, 11) is 0. The summed E-state index contributed by atoms with van der Waals surface area (Å²) in [6.07, 6.45) is 7.63. The van der Waals surface area contributed by atoms with Gasteiger partial charge in [0, 0.05) is 12.0 Å². The van der Waals surface area contributed by atoms with Crippen LogP contribution in [0.2, 0.25) is 0 Å². The van der Waals surface area contributed by atoms with Gasteiger partial charge in [-0.2, -0.15) is 0 Å². The van der Waals surface area contributed by atoms with Crippen LogP contribution in [0, 0.1) is 5.41 Å². The van der Waals surface area contributed by atoms with E-state index in [1.165, 1.54) is 18.4 Å². The standard InChI is InChI=1S/C17H25NO/c1-2-17(12-6-7-13-17)16(19)18-14-8-11-15-9-4-3-5-10-15/h3-5,9-10H,2,6-8,11-14H2,1H3,(H,18,19). The number of aryl methyl sites for hydroxylation is 1. The Labute approximate surface area is 116 Å². The van der Waals surface area contributed by atoms with Crippen LogP contribution >= 0.6 is 0 Å². The van der Waals surface area contributed by atoms with Gasteiger partial charge in [0.25, 0.3) is 0 Å². The first-order valence-electron chi connectivity index (χ1n) is 7.59. The molecule has 1 amide bonds. The molecule has 0 aliphatic heterocycles. The Hall–Kier alpha value is -1.31. The molecule has 2 rings (SSSR count). The lowest BCUT2D eigenvalue weighted by Crippen LogP contribution is -2.39. The molecule has 0 atom stereocenters. The minimum Gasteiger partial charge on any atom is -0.356 e. The maximum absolute atomic E-state index is 12.3. The highest BCUT2D eigenvalue weighted by atomic mass is 16.2. The van der Waals surface area contributed by atoms with Crippen LogP contribution in [0.5, 0.6) is 0 Å². The molecule has 0 aromatic heterocycles. The zero-order valence-electron chi connectivity index (χ0n) is 12.0. The van der Waals surface area contributed by atoms with Crippen molar-refractivity contribution in [1.82, 2.24) is 5.32 Å². The number of benzene rings is 1. The number of nitrogens with one attached hydrogen (secondary N) is 1. The molecule has 0 bridgehead atoms. The number of carbonyl (C=O) groups excluding carboxylic acids is 1. The van der Waals surface area contributed by atoms with Crippen molar-refractivity contribution in [3.63, 3.8) is 0 Å². The summed E-state index contributed by atoms with van der Waals surface area (Å²) in [5, 5.41) is 3.15. The van der Waals surface area contributed by atoms with Crippen molar-refractivity contribution in [3.8, 4) is 0 Å². The minimum atomic E-state index is -0.0489. The first kappa shape index (κ1) is 14.1. The second kappa shape index (κ2) is 6.74. The van der Waals surface area contributed by atoms with Gasteiger partial charge in [-0.05, 0) is 37.7 Å². The molecule has 1 aromatic rings. The molecule has 2 nitrogen and oxygen atoms in total. The summed E-state index contributed by atoms with van der Waals surface area (Å²) in [5.74, 6) is 0.292. The molecular formula is C17H25NO. The molecule has 0 saturated heterocycles. The molecular weight excluding hydrogens is 234 g/mol.